The average molecular weight is 347 g/mol. The zero-order valence-electron chi connectivity index (χ0n) is 10.8. The molecule has 0 bridgehead atoms. The second kappa shape index (κ2) is 7.06. The fourth-order valence-electron chi connectivity index (χ4n) is 1.59. The molecule has 0 saturated heterocycles. The Hall–Kier alpha value is -0.490. The summed E-state index contributed by atoms with van der Waals surface area (Å²) in [4.78, 5) is 2.36. The van der Waals surface area contributed by atoms with E-state index in [4.69, 9.17) is 5.73 Å². The Bertz CT molecular complexity index is 355. The third kappa shape index (κ3) is 4.71. The van der Waals surface area contributed by atoms with E-state index in [-0.39, 0.29) is 0 Å². The first-order chi connectivity index (χ1) is 8.04. The molecule has 0 aromatic heterocycles. The van der Waals surface area contributed by atoms with Crippen LogP contribution in [0.15, 0.2) is 18.2 Å². The number of likely N-dealkylation sites (N-methyl/N-ethyl adjacent to an activating group) is 1. The van der Waals surface area contributed by atoms with Crippen molar-refractivity contribution in [2.45, 2.75) is 26.3 Å². The maximum Gasteiger partial charge on any atom is 0.0575 e. The zero-order valence-corrected chi connectivity index (χ0v) is 13.0. The molecule has 0 saturated carbocycles. The molecule has 0 aliphatic rings. The van der Waals surface area contributed by atoms with E-state index in [2.05, 4.69) is 59.8 Å². The smallest absolute Gasteiger partial charge is 0.0575 e. The minimum Gasteiger partial charge on any atom is -0.397 e. The number of rotatable bonds is 6. The van der Waals surface area contributed by atoms with Gasteiger partial charge in [-0.05, 0) is 61.2 Å². The molecular formula is C13H22IN3. The van der Waals surface area contributed by atoms with Crippen molar-refractivity contribution in [3.05, 3.63) is 21.8 Å². The van der Waals surface area contributed by atoms with Gasteiger partial charge >= 0.3 is 0 Å². The number of hydrogen-bond donors (Lipinski definition) is 2. The lowest BCUT2D eigenvalue weighted by atomic mass is 10.2. The minimum absolute atomic E-state index is 0.630. The van der Waals surface area contributed by atoms with Crippen LogP contribution in [0, 0.1) is 3.57 Å². The van der Waals surface area contributed by atoms with Gasteiger partial charge in [0.2, 0.25) is 0 Å². The highest BCUT2D eigenvalue weighted by Crippen LogP contribution is 2.20. The SMILES string of the molecule is CCC(C)N(C)CCNc1ccc(I)cc1N. The van der Waals surface area contributed by atoms with E-state index in [0.29, 0.717) is 6.04 Å². The molecule has 0 spiro atoms. The molecule has 0 heterocycles. The van der Waals surface area contributed by atoms with Crippen LogP contribution >= 0.6 is 22.6 Å². The number of nitrogen functional groups attached to an aromatic ring is 1. The van der Waals surface area contributed by atoms with Gasteiger partial charge < -0.3 is 16.0 Å². The molecule has 1 rings (SSSR count). The molecule has 96 valence electrons. The third-order valence-corrected chi connectivity index (χ3v) is 3.81. The Morgan fingerprint density at radius 3 is 2.76 bits per heavy atom. The van der Waals surface area contributed by atoms with Crippen LogP contribution in [0.25, 0.3) is 0 Å². The van der Waals surface area contributed by atoms with Crippen molar-refractivity contribution in [3.63, 3.8) is 0 Å². The molecule has 3 N–H and O–H groups in total. The van der Waals surface area contributed by atoms with Gasteiger partial charge in [0.15, 0.2) is 0 Å². The first-order valence-electron chi connectivity index (χ1n) is 6.03. The Morgan fingerprint density at radius 2 is 2.18 bits per heavy atom. The fourth-order valence-corrected chi connectivity index (χ4v) is 2.11. The number of hydrogen-bond acceptors (Lipinski definition) is 3. The Balaban J connectivity index is 2.40. The van der Waals surface area contributed by atoms with Gasteiger partial charge in [-0.15, -0.1) is 0 Å². The van der Waals surface area contributed by atoms with Gasteiger partial charge in [0, 0.05) is 22.7 Å². The highest BCUT2D eigenvalue weighted by Gasteiger charge is 2.06. The molecule has 0 fully saturated rings. The number of anilines is 2. The summed E-state index contributed by atoms with van der Waals surface area (Å²) in [6.07, 6.45) is 1.18. The largest absolute Gasteiger partial charge is 0.397 e. The average Bonchev–Trinajstić information content (AvgIpc) is 2.30. The van der Waals surface area contributed by atoms with Crippen molar-refractivity contribution in [2.75, 3.05) is 31.2 Å². The van der Waals surface area contributed by atoms with Crippen LogP contribution in [0.3, 0.4) is 0 Å². The van der Waals surface area contributed by atoms with Gasteiger partial charge in [-0.2, -0.15) is 0 Å². The number of nitrogens with two attached hydrogens (primary N) is 1. The molecule has 0 aliphatic carbocycles. The monoisotopic (exact) mass is 347 g/mol. The first-order valence-corrected chi connectivity index (χ1v) is 7.11. The highest BCUT2D eigenvalue weighted by molar-refractivity contribution is 14.1. The van der Waals surface area contributed by atoms with Gasteiger partial charge in [-0.3, -0.25) is 0 Å². The first kappa shape index (κ1) is 14.6. The zero-order chi connectivity index (χ0) is 12.8. The second-order valence-electron chi connectivity index (χ2n) is 4.40. The van der Waals surface area contributed by atoms with E-state index in [0.717, 1.165) is 24.5 Å². The van der Waals surface area contributed by atoms with Crippen molar-refractivity contribution in [1.29, 1.82) is 0 Å². The molecule has 17 heavy (non-hydrogen) atoms. The predicted octanol–water partition coefficient (Wildman–Crippen LogP) is 3.02. The summed E-state index contributed by atoms with van der Waals surface area (Å²) in [6, 6.07) is 6.73. The van der Waals surface area contributed by atoms with Gasteiger partial charge in [0.1, 0.15) is 0 Å². The Labute approximate surface area is 118 Å². The van der Waals surface area contributed by atoms with Crippen molar-refractivity contribution in [3.8, 4) is 0 Å². The Morgan fingerprint density at radius 1 is 1.47 bits per heavy atom. The molecule has 0 amide bonds. The predicted molar refractivity (Wildman–Crippen MR) is 84.4 cm³/mol. The van der Waals surface area contributed by atoms with Crippen molar-refractivity contribution < 1.29 is 0 Å². The highest BCUT2D eigenvalue weighted by atomic mass is 127. The topological polar surface area (TPSA) is 41.3 Å². The van der Waals surface area contributed by atoms with E-state index in [1.807, 2.05) is 12.1 Å². The molecule has 1 aromatic carbocycles. The quantitative estimate of drug-likeness (QED) is 0.614. The minimum atomic E-state index is 0.630. The summed E-state index contributed by atoms with van der Waals surface area (Å²) in [5, 5.41) is 3.38. The third-order valence-electron chi connectivity index (χ3n) is 3.14. The van der Waals surface area contributed by atoms with Crippen LogP contribution in [0.1, 0.15) is 20.3 Å². The molecule has 1 aromatic rings. The molecule has 0 radical (unpaired) electrons. The van der Waals surface area contributed by atoms with Crippen molar-refractivity contribution in [2.24, 2.45) is 0 Å². The molecule has 1 atom stereocenters. The lowest BCUT2D eigenvalue weighted by Gasteiger charge is -2.23. The molecule has 4 heteroatoms. The summed E-state index contributed by atoms with van der Waals surface area (Å²) in [7, 11) is 2.16. The normalized spacial score (nSPS) is 12.8. The second-order valence-corrected chi connectivity index (χ2v) is 5.64. The van der Waals surface area contributed by atoms with E-state index in [1.54, 1.807) is 0 Å². The van der Waals surface area contributed by atoms with E-state index < -0.39 is 0 Å². The summed E-state index contributed by atoms with van der Waals surface area (Å²) in [5.74, 6) is 0. The van der Waals surface area contributed by atoms with Gasteiger partial charge in [0.25, 0.3) is 0 Å². The number of nitrogens with zero attached hydrogens (tertiary/aromatic N) is 1. The van der Waals surface area contributed by atoms with Crippen LogP contribution in [-0.4, -0.2) is 31.1 Å². The standard InChI is InChI=1S/C13H22IN3/c1-4-10(2)17(3)8-7-16-13-6-5-11(14)9-12(13)15/h5-6,9-10,16H,4,7-8,15H2,1-3H3. The lowest BCUT2D eigenvalue weighted by molar-refractivity contribution is 0.261. The maximum absolute atomic E-state index is 5.94. The summed E-state index contributed by atoms with van der Waals surface area (Å²) in [6.45, 7) is 6.41. The summed E-state index contributed by atoms with van der Waals surface area (Å²) >= 11 is 2.27. The van der Waals surface area contributed by atoms with E-state index >= 15 is 0 Å². The lowest BCUT2D eigenvalue weighted by Crippen LogP contribution is -2.32. The van der Waals surface area contributed by atoms with Crippen molar-refractivity contribution >= 4 is 34.0 Å². The fraction of sp³-hybridized carbons (Fsp3) is 0.538. The van der Waals surface area contributed by atoms with E-state index in [1.165, 1.54) is 9.99 Å². The maximum atomic E-state index is 5.94. The summed E-state index contributed by atoms with van der Waals surface area (Å²) < 4.78 is 1.17. The van der Waals surface area contributed by atoms with Crippen LogP contribution in [0.4, 0.5) is 11.4 Å². The summed E-state index contributed by atoms with van der Waals surface area (Å²) in [5.41, 5.74) is 7.80. The van der Waals surface area contributed by atoms with Crippen LogP contribution in [-0.2, 0) is 0 Å². The molecule has 3 nitrogen and oxygen atoms in total. The number of benzene rings is 1. The van der Waals surface area contributed by atoms with Crippen molar-refractivity contribution in [1.82, 2.24) is 4.90 Å². The van der Waals surface area contributed by atoms with Crippen LogP contribution in [0.5, 0.6) is 0 Å². The van der Waals surface area contributed by atoms with Crippen LogP contribution < -0.4 is 11.1 Å². The molecular weight excluding hydrogens is 325 g/mol. The van der Waals surface area contributed by atoms with E-state index in [9.17, 15) is 0 Å². The van der Waals surface area contributed by atoms with Crippen LogP contribution in [0.2, 0.25) is 0 Å². The Kier molecular flexibility index (Phi) is 6.05. The number of nitrogens with one attached hydrogen (secondary N) is 1. The van der Waals surface area contributed by atoms with Gasteiger partial charge in [-0.1, -0.05) is 6.92 Å². The van der Waals surface area contributed by atoms with Gasteiger partial charge in [0.05, 0.1) is 11.4 Å². The molecule has 1 unspecified atom stereocenters. The number of halogens is 1. The molecule has 0 aliphatic heterocycles. The van der Waals surface area contributed by atoms with Gasteiger partial charge in [-0.25, -0.2) is 0 Å².